The molecule has 0 aromatic carbocycles. The van der Waals surface area contributed by atoms with Gasteiger partial charge in [0.15, 0.2) is 5.79 Å². The van der Waals surface area contributed by atoms with Crippen molar-refractivity contribution in [3.63, 3.8) is 0 Å². The van der Waals surface area contributed by atoms with E-state index in [1.807, 2.05) is 11.6 Å². The first-order chi connectivity index (χ1) is 8.69. The van der Waals surface area contributed by atoms with Crippen molar-refractivity contribution in [2.75, 3.05) is 26.3 Å². The normalized spacial score (nSPS) is 23.9. The van der Waals surface area contributed by atoms with E-state index in [2.05, 4.69) is 9.88 Å². The third kappa shape index (κ3) is 2.28. The van der Waals surface area contributed by atoms with Crippen LogP contribution in [0.25, 0.3) is 0 Å². The number of rotatable bonds is 2. The van der Waals surface area contributed by atoms with Crippen molar-refractivity contribution < 1.29 is 9.47 Å². The van der Waals surface area contributed by atoms with Gasteiger partial charge in [0.1, 0.15) is 11.0 Å². The summed E-state index contributed by atoms with van der Waals surface area (Å²) in [6.45, 7) is 4.08. The zero-order valence-electron chi connectivity index (χ0n) is 10.6. The maximum Gasteiger partial charge on any atom is 0.181 e. The van der Waals surface area contributed by atoms with Crippen molar-refractivity contribution in [3.05, 3.63) is 17.2 Å². The van der Waals surface area contributed by atoms with Crippen LogP contribution in [0.4, 0.5) is 0 Å². The van der Waals surface area contributed by atoms with Crippen LogP contribution in [0.3, 0.4) is 0 Å². The fraction of sp³-hybridized carbons (Fsp3) is 0.750. The minimum Gasteiger partial charge on any atom is -0.346 e. The van der Waals surface area contributed by atoms with E-state index in [1.165, 1.54) is 0 Å². The molecular weight excluding hydrogens is 254 g/mol. The van der Waals surface area contributed by atoms with E-state index in [4.69, 9.17) is 21.1 Å². The number of nitrogens with zero attached hydrogens (tertiary/aromatic N) is 3. The molecule has 100 valence electrons. The molecule has 0 atom stereocenters. The van der Waals surface area contributed by atoms with Crippen LogP contribution in [-0.2, 0) is 23.1 Å². The molecule has 2 saturated heterocycles. The summed E-state index contributed by atoms with van der Waals surface area (Å²) < 4.78 is 13.5. The van der Waals surface area contributed by atoms with Crippen LogP contribution in [0.1, 0.15) is 18.7 Å². The molecule has 1 spiro atoms. The van der Waals surface area contributed by atoms with Gasteiger partial charge in [-0.2, -0.15) is 0 Å². The summed E-state index contributed by atoms with van der Waals surface area (Å²) >= 11 is 6.00. The van der Waals surface area contributed by atoms with E-state index < -0.39 is 0 Å². The van der Waals surface area contributed by atoms with Crippen LogP contribution < -0.4 is 0 Å². The summed E-state index contributed by atoms with van der Waals surface area (Å²) in [4.78, 5) is 6.66. The van der Waals surface area contributed by atoms with Crippen molar-refractivity contribution in [3.8, 4) is 0 Å². The molecule has 3 heterocycles. The Morgan fingerprint density at radius 1 is 1.44 bits per heavy atom. The molecule has 2 aliphatic rings. The molecule has 0 unspecified atom stereocenters. The molecule has 18 heavy (non-hydrogen) atoms. The molecule has 0 radical (unpaired) electrons. The van der Waals surface area contributed by atoms with E-state index in [-0.39, 0.29) is 5.79 Å². The van der Waals surface area contributed by atoms with Gasteiger partial charge in [0.25, 0.3) is 0 Å². The lowest BCUT2D eigenvalue weighted by atomic mass is 10.0. The smallest absolute Gasteiger partial charge is 0.181 e. The summed E-state index contributed by atoms with van der Waals surface area (Å²) in [6, 6.07) is 0. The maximum absolute atomic E-state index is 6.00. The van der Waals surface area contributed by atoms with Crippen LogP contribution in [-0.4, -0.2) is 46.5 Å². The number of ether oxygens (including phenoxy) is 2. The van der Waals surface area contributed by atoms with E-state index >= 15 is 0 Å². The predicted octanol–water partition coefficient (Wildman–Crippen LogP) is 1.41. The Labute approximate surface area is 112 Å². The first kappa shape index (κ1) is 12.4. The molecule has 6 heteroatoms. The van der Waals surface area contributed by atoms with Gasteiger partial charge in [0.05, 0.1) is 32.5 Å². The number of halogens is 1. The summed E-state index contributed by atoms with van der Waals surface area (Å²) in [7, 11) is 1.94. The van der Waals surface area contributed by atoms with Crippen LogP contribution in [0, 0.1) is 0 Å². The zero-order valence-corrected chi connectivity index (χ0v) is 11.3. The van der Waals surface area contributed by atoms with E-state index in [0.717, 1.165) is 38.3 Å². The van der Waals surface area contributed by atoms with Gasteiger partial charge in [-0.1, -0.05) is 11.6 Å². The Morgan fingerprint density at radius 2 is 2.22 bits per heavy atom. The lowest BCUT2D eigenvalue weighted by Gasteiger charge is -2.38. The standard InChI is InChI=1S/C12H18ClN3O2/c1-15-10(13)7-14-11(15)8-16-4-2-3-12(9-16)17-5-6-18-12/h7H,2-6,8-9H2,1H3. The third-order valence-corrected chi connectivity index (χ3v) is 4.05. The molecule has 0 amide bonds. The van der Waals surface area contributed by atoms with Gasteiger partial charge in [-0.15, -0.1) is 0 Å². The van der Waals surface area contributed by atoms with E-state index in [9.17, 15) is 0 Å². The average molecular weight is 272 g/mol. The highest BCUT2D eigenvalue weighted by Gasteiger charge is 2.40. The molecule has 1 aromatic rings. The predicted molar refractivity (Wildman–Crippen MR) is 67.4 cm³/mol. The van der Waals surface area contributed by atoms with Crippen molar-refractivity contribution in [2.24, 2.45) is 7.05 Å². The summed E-state index contributed by atoms with van der Waals surface area (Å²) in [6.07, 6.45) is 3.78. The summed E-state index contributed by atoms with van der Waals surface area (Å²) in [5.74, 6) is 0.614. The highest BCUT2D eigenvalue weighted by molar-refractivity contribution is 6.29. The zero-order chi connectivity index (χ0) is 12.6. The molecule has 5 nitrogen and oxygen atoms in total. The number of hydrogen-bond donors (Lipinski definition) is 0. The average Bonchev–Trinajstić information content (AvgIpc) is 2.92. The Hall–Kier alpha value is -0.620. The highest BCUT2D eigenvalue weighted by atomic mass is 35.5. The minimum atomic E-state index is -0.368. The monoisotopic (exact) mass is 271 g/mol. The first-order valence-corrected chi connectivity index (χ1v) is 6.73. The van der Waals surface area contributed by atoms with Crippen LogP contribution >= 0.6 is 11.6 Å². The van der Waals surface area contributed by atoms with Gasteiger partial charge >= 0.3 is 0 Å². The van der Waals surface area contributed by atoms with Crippen molar-refractivity contribution in [1.82, 2.24) is 14.5 Å². The van der Waals surface area contributed by atoms with E-state index in [1.54, 1.807) is 6.20 Å². The number of hydrogen-bond acceptors (Lipinski definition) is 4. The Morgan fingerprint density at radius 3 is 2.89 bits per heavy atom. The molecule has 2 aliphatic heterocycles. The molecule has 0 aliphatic carbocycles. The second-order valence-corrected chi connectivity index (χ2v) is 5.37. The largest absolute Gasteiger partial charge is 0.346 e. The van der Waals surface area contributed by atoms with Gasteiger partial charge in [0.2, 0.25) is 0 Å². The topological polar surface area (TPSA) is 39.5 Å². The molecule has 0 N–H and O–H groups in total. The minimum absolute atomic E-state index is 0.368. The second kappa shape index (κ2) is 4.81. The lowest BCUT2D eigenvalue weighted by Crippen LogP contribution is -2.48. The number of likely N-dealkylation sites (tertiary alicyclic amines) is 1. The number of aromatic nitrogens is 2. The first-order valence-electron chi connectivity index (χ1n) is 6.35. The van der Waals surface area contributed by atoms with Crippen molar-refractivity contribution >= 4 is 11.6 Å². The molecule has 3 rings (SSSR count). The van der Waals surface area contributed by atoms with Gasteiger partial charge in [-0.25, -0.2) is 4.98 Å². The van der Waals surface area contributed by atoms with Crippen LogP contribution in [0.5, 0.6) is 0 Å². The Bertz CT molecular complexity index is 429. The number of imidazole rings is 1. The molecule has 0 saturated carbocycles. The maximum atomic E-state index is 6.00. The summed E-state index contributed by atoms with van der Waals surface area (Å²) in [5, 5.41) is 0.671. The SMILES string of the molecule is Cn1c(Cl)cnc1CN1CCCC2(C1)OCCO2. The van der Waals surface area contributed by atoms with E-state index in [0.29, 0.717) is 18.4 Å². The fourth-order valence-electron chi connectivity index (χ4n) is 2.71. The quantitative estimate of drug-likeness (QED) is 0.815. The molecular formula is C12H18ClN3O2. The van der Waals surface area contributed by atoms with Crippen molar-refractivity contribution in [2.45, 2.75) is 25.2 Å². The van der Waals surface area contributed by atoms with Gasteiger partial charge in [-0.3, -0.25) is 4.90 Å². The molecule has 2 fully saturated rings. The number of piperidine rings is 1. The van der Waals surface area contributed by atoms with Crippen LogP contribution in [0.2, 0.25) is 5.15 Å². The van der Waals surface area contributed by atoms with Gasteiger partial charge in [0, 0.05) is 13.5 Å². The van der Waals surface area contributed by atoms with Gasteiger partial charge in [-0.05, 0) is 13.0 Å². The molecule has 0 bridgehead atoms. The fourth-order valence-corrected chi connectivity index (χ4v) is 2.86. The van der Waals surface area contributed by atoms with Gasteiger partial charge < -0.3 is 14.0 Å². The Balaban J connectivity index is 1.68. The Kier molecular flexibility index (Phi) is 3.32. The molecule has 1 aromatic heterocycles. The van der Waals surface area contributed by atoms with Crippen molar-refractivity contribution in [1.29, 1.82) is 0 Å². The lowest BCUT2D eigenvalue weighted by molar-refractivity contribution is -0.190. The second-order valence-electron chi connectivity index (χ2n) is 4.98. The summed E-state index contributed by atoms with van der Waals surface area (Å²) in [5.41, 5.74) is 0. The van der Waals surface area contributed by atoms with Crippen LogP contribution in [0.15, 0.2) is 6.20 Å². The highest BCUT2D eigenvalue weighted by Crippen LogP contribution is 2.30. The third-order valence-electron chi connectivity index (χ3n) is 3.70.